The lowest BCUT2D eigenvalue weighted by Gasteiger charge is -2.37. The first-order valence-electron chi connectivity index (χ1n) is 8.56. The van der Waals surface area contributed by atoms with Crippen molar-refractivity contribution in [1.82, 2.24) is 24.2 Å². The van der Waals surface area contributed by atoms with E-state index in [1.54, 1.807) is 11.6 Å². The van der Waals surface area contributed by atoms with Gasteiger partial charge in [-0.15, -0.1) is 0 Å². The molecule has 0 bridgehead atoms. The summed E-state index contributed by atoms with van der Waals surface area (Å²) >= 11 is 0. The van der Waals surface area contributed by atoms with Gasteiger partial charge >= 0.3 is 0 Å². The summed E-state index contributed by atoms with van der Waals surface area (Å²) in [7, 11) is -3.55. The van der Waals surface area contributed by atoms with Gasteiger partial charge in [0, 0.05) is 19.7 Å². The van der Waals surface area contributed by atoms with Crippen LogP contribution in [0.1, 0.15) is 12.8 Å². The van der Waals surface area contributed by atoms with Crippen LogP contribution in [0.25, 0.3) is 11.4 Å². The van der Waals surface area contributed by atoms with Gasteiger partial charge in [-0.05, 0) is 19.1 Å². The van der Waals surface area contributed by atoms with Crippen LogP contribution in [-0.4, -0.2) is 51.8 Å². The Morgan fingerprint density at radius 2 is 2.07 bits per heavy atom. The van der Waals surface area contributed by atoms with Crippen molar-refractivity contribution in [3.63, 3.8) is 0 Å². The predicted octanol–water partition coefficient (Wildman–Crippen LogP) is 1.71. The molecule has 27 heavy (non-hydrogen) atoms. The minimum Gasteiger partial charge on any atom is -0.487 e. The van der Waals surface area contributed by atoms with E-state index in [-0.39, 0.29) is 24.1 Å². The number of rotatable bonds is 6. The Morgan fingerprint density at radius 1 is 1.30 bits per heavy atom. The van der Waals surface area contributed by atoms with Gasteiger partial charge in [-0.2, -0.15) is 14.4 Å². The predicted molar refractivity (Wildman–Crippen MR) is 95.5 cm³/mol. The molecule has 1 saturated heterocycles. The van der Waals surface area contributed by atoms with Gasteiger partial charge in [0.25, 0.3) is 0 Å². The summed E-state index contributed by atoms with van der Waals surface area (Å²) in [6.07, 6.45) is 2.67. The minimum absolute atomic E-state index is 0.200. The summed E-state index contributed by atoms with van der Waals surface area (Å²) in [4.78, 5) is 4.42. The average Bonchev–Trinajstić information content (AvgIpc) is 3.27. The molecule has 0 saturated carbocycles. The highest BCUT2D eigenvalue weighted by Crippen LogP contribution is 2.31. The second-order valence-corrected chi connectivity index (χ2v) is 8.16. The van der Waals surface area contributed by atoms with Crippen LogP contribution in [0.15, 0.2) is 46.1 Å². The third-order valence-corrected chi connectivity index (χ3v) is 6.12. The van der Waals surface area contributed by atoms with Gasteiger partial charge in [0.15, 0.2) is 0 Å². The molecule has 1 aromatic carbocycles. The Morgan fingerprint density at radius 3 is 2.74 bits per heavy atom. The van der Waals surface area contributed by atoms with Crippen LogP contribution in [0.4, 0.5) is 0 Å². The maximum Gasteiger partial charge on any atom is 0.246 e. The molecule has 1 fully saturated rings. The Balaban J connectivity index is 1.45. The van der Waals surface area contributed by atoms with Crippen LogP contribution in [0.3, 0.4) is 0 Å². The largest absolute Gasteiger partial charge is 0.487 e. The Kier molecular flexibility index (Phi) is 4.44. The zero-order valence-corrected chi connectivity index (χ0v) is 15.8. The molecule has 0 spiro atoms. The van der Waals surface area contributed by atoms with E-state index in [2.05, 4.69) is 15.2 Å². The van der Waals surface area contributed by atoms with Crippen molar-refractivity contribution in [1.29, 1.82) is 0 Å². The number of hydrogen-bond acceptors (Lipinski definition) is 7. The number of hydrogen-bond donors (Lipinski definition) is 0. The molecule has 1 aliphatic heterocycles. The number of sulfonamides is 1. The lowest BCUT2D eigenvalue weighted by Crippen LogP contribution is -2.55. The van der Waals surface area contributed by atoms with Crippen LogP contribution in [0.2, 0.25) is 0 Å². The average molecular weight is 389 g/mol. The van der Waals surface area contributed by atoms with E-state index in [1.807, 2.05) is 31.2 Å². The Labute approximate surface area is 156 Å². The monoisotopic (exact) mass is 389 g/mol. The van der Waals surface area contributed by atoms with E-state index >= 15 is 0 Å². The minimum atomic E-state index is -3.55. The third kappa shape index (κ3) is 3.33. The zero-order valence-electron chi connectivity index (χ0n) is 14.9. The summed E-state index contributed by atoms with van der Waals surface area (Å²) in [6, 6.07) is 7.35. The number of aryl methyl sites for hydroxylation is 2. The second-order valence-electron chi connectivity index (χ2n) is 6.23. The van der Waals surface area contributed by atoms with Gasteiger partial charge in [-0.1, -0.05) is 17.3 Å². The fourth-order valence-electron chi connectivity index (χ4n) is 2.81. The highest BCUT2D eigenvalue weighted by atomic mass is 32.2. The molecule has 3 heterocycles. The molecule has 142 valence electrons. The van der Waals surface area contributed by atoms with Gasteiger partial charge in [-0.3, -0.25) is 4.68 Å². The second kappa shape index (κ2) is 6.78. The van der Waals surface area contributed by atoms with Crippen molar-refractivity contribution in [3.05, 3.63) is 42.5 Å². The van der Waals surface area contributed by atoms with Crippen molar-refractivity contribution in [2.45, 2.75) is 31.4 Å². The molecule has 0 aliphatic carbocycles. The van der Waals surface area contributed by atoms with E-state index in [0.29, 0.717) is 29.6 Å². The van der Waals surface area contributed by atoms with Crippen molar-refractivity contribution < 1.29 is 17.7 Å². The fraction of sp³-hybridized carbons (Fsp3) is 0.353. The third-order valence-electron chi connectivity index (χ3n) is 4.34. The molecule has 0 N–H and O–H groups in total. The van der Waals surface area contributed by atoms with Crippen LogP contribution in [0, 0.1) is 6.92 Å². The lowest BCUT2D eigenvalue weighted by atomic mass is 10.1. The van der Waals surface area contributed by atoms with E-state index in [1.165, 1.54) is 16.7 Å². The van der Waals surface area contributed by atoms with Crippen molar-refractivity contribution in [3.8, 4) is 17.1 Å². The van der Waals surface area contributed by atoms with Gasteiger partial charge in [0.2, 0.25) is 21.7 Å². The van der Waals surface area contributed by atoms with Gasteiger partial charge in [-0.25, -0.2) is 8.42 Å². The smallest absolute Gasteiger partial charge is 0.246 e. The Bertz CT molecular complexity index is 1050. The highest BCUT2D eigenvalue weighted by Gasteiger charge is 2.39. The first-order valence-corrected chi connectivity index (χ1v) is 10.0. The zero-order chi connectivity index (χ0) is 19.0. The lowest BCUT2D eigenvalue weighted by molar-refractivity contribution is 0.0766. The molecule has 0 unspecified atom stereocenters. The van der Waals surface area contributed by atoms with Crippen LogP contribution in [0.5, 0.6) is 5.75 Å². The number of aromatic nitrogens is 4. The van der Waals surface area contributed by atoms with Crippen molar-refractivity contribution >= 4 is 10.0 Å². The molecule has 9 nitrogen and oxygen atoms in total. The standard InChI is InChI=1S/C17H19N5O4S/c1-3-21-11-14(8-18-21)27(23,24)22-9-13(10-22)25-16-7-5-4-6-15(16)17-19-12(2)26-20-17/h4-8,11,13H,3,9-10H2,1-2H3. The molecule has 2 aromatic heterocycles. The summed E-state index contributed by atoms with van der Waals surface area (Å²) in [6.45, 7) is 4.79. The number of ether oxygens (including phenoxy) is 1. The van der Waals surface area contributed by atoms with Gasteiger partial charge < -0.3 is 9.26 Å². The van der Waals surface area contributed by atoms with Gasteiger partial charge in [0.1, 0.15) is 16.7 Å². The maximum absolute atomic E-state index is 12.6. The summed E-state index contributed by atoms with van der Waals surface area (Å²) in [5, 5.41) is 7.95. The molecule has 3 aromatic rings. The molecule has 4 rings (SSSR count). The molecule has 0 amide bonds. The van der Waals surface area contributed by atoms with Crippen LogP contribution < -0.4 is 4.74 Å². The molecule has 0 atom stereocenters. The summed E-state index contributed by atoms with van der Waals surface area (Å²) in [5.74, 6) is 1.51. The topological polar surface area (TPSA) is 103 Å². The van der Waals surface area contributed by atoms with E-state index in [0.717, 1.165) is 0 Å². The molecule has 10 heteroatoms. The summed E-state index contributed by atoms with van der Waals surface area (Å²) in [5.41, 5.74) is 0.708. The fourth-order valence-corrected chi connectivity index (χ4v) is 4.27. The first-order chi connectivity index (χ1) is 13.0. The maximum atomic E-state index is 12.6. The Hall–Kier alpha value is -2.72. The van der Waals surface area contributed by atoms with E-state index in [4.69, 9.17) is 9.26 Å². The molecular weight excluding hydrogens is 370 g/mol. The highest BCUT2D eigenvalue weighted by molar-refractivity contribution is 7.89. The number of benzene rings is 1. The van der Waals surface area contributed by atoms with Crippen LogP contribution in [-0.2, 0) is 16.6 Å². The SMILES string of the molecule is CCn1cc(S(=O)(=O)N2CC(Oc3ccccc3-c3noc(C)n3)C2)cn1. The normalized spacial score (nSPS) is 15.6. The quantitative estimate of drug-likeness (QED) is 0.632. The van der Waals surface area contributed by atoms with Gasteiger partial charge in [0.05, 0.1) is 24.8 Å². The number of para-hydroxylation sites is 1. The van der Waals surface area contributed by atoms with Crippen LogP contribution >= 0.6 is 0 Å². The summed E-state index contributed by atoms with van der Waals surface area (Å²) < 4.78 is 39.2. The first kappa shape index (κ1) is 17.7. The molecule has 0 radical (unpaired) electrons. The van der Waals surface area contributed by atoms with E-state index in [9.17, 15) is 8.42 Å². The number of nitrogens with zero attached hydrogens (tertiary/aromatic N) is 5. The molecular formula is C17H19N5O4S. The van der Waals surface area contributed by atoms with E-state index < -0.39 is 10.0 Å². The van der Waals surface area contributed by atoms with Crippen molar-refractivity contribution in [2.75, 3.05) is 13.1 Å². The van der Waals surface area contributed by atoms with Crippen molar-refractivity contribution in [2.24, 2.45) is 0 Å². The molecule has 1 aliphatic rings.